The van der Waals surface area contributed by atoms with Crippen molar-refractivity contribution in [1.82, 2.24) is 0 Å². The van der Waals surface area contributed by atoms with Gasteiger partial charge in [-0.25, -0.2) is 0 Å². The Bertz CT molecular complexity index is 277. The highest BCUT2D eigenvalue weighted by atomic mass is 127. The number of halogens is 1. The van der Waals surface area contributed by atoms with E-state index in [0.29, 0.717) is 5.04 Å². The molecule has 18 heavy (non-hydrogen) atoms. The predicted octanol–water partition coefficient (Wildman–Crippen LogP) is 6.07. The highest BCUT2D eigenvalue weighted by Gasteiger charge is 2.36. The summed E-state index contributed by atoms with van der Waals surface area (Å²) in [7, 11) is -1.54. The first-order valence-electron chi connectivity index (χ1n) is 6.77. The number of rotatable bonds is 8. The molecule has 0 radical (unpaired) electrons. The summed E-state index contributed by atoms with van der Waals surface area (Å²) in [4.78, 5) is 0. The van der Waals surface area contributed by atoms with Crippen LogP contribution in [0.25, 0.3) is 0 Å². The first kappa shape index (κ1) is 18.4. The first-order valence-corrected chi connectivity index (χ1v) is 10.9. The van der Waals surface area contributed by atoms with Gasteiger partial charge in [-0.15, -0.1) is 6.58 Å². The number of unbranched alkanes of at least 4 members (excludes halogenated alkanes) is 1. The van der Waals surface area contributed by atoms with Crippen molar-refractivity contribution in [2.45, 2.75) is 64.6 Å². The maximum atomic E-state index is 6.17. The third-order valence-electron chi connectivity index (χ3n) is 3.72. The number of allylic oxidation sites excluding steroid dienone is 2. The lowest BCUT2D eigenvalue weighted by atomic mass is 10.1. The number of hydrogen-bond acceptors (Lipinski definition) is 1. The molecule has 1 nitrogen and oxygen atoms in total. The van der Waals surface area contributed by atoms with Gasteiger partial charge in [0.05, 0.1) is 0 Å². The van der Waals surface area contributed by atoms with Crippen LogP contribution >= 0.6 is 22.6 Å². The minimum absolute atomic E-state index is 0.323. The molecule has 3 heteroatoms. The van der Waals surface area contributed by atoms with Crippen molar-refractivity contribution in [2.75, 3.05) is 6.61 Å². The van der Waals surface area contributed by atoms with Gasteiger partial charge < -0.3 is 4.43 Å². The Labute approximate surface area is 128 Å². The lowest BCUT2D eigenvalue weighted by Crippen LogP contribution is -2.40. The summed E-state index contributed by atoms with van der Waals surface area (Å²) in [6.07, 6.45) is 6.56. The van der Waals surface area contributed by atoms with Gasteiger partial charge in [-0.1, -0.05) is 55.0 Å². The van der Waals surface area contributed by atoms with Gasteiger partial charge in [0.2, 0.25) is 0 Å². The van der Waals surface area contributed by atoms with Gasteiger partial charge in [-0.05, 0) is 47.9 Å². The fraction of sp³-hybridized carbons (Fsp3) is 0.733. The first-order chi connectivity index (χ1) is 8.24. The fourth-order valence-corrected chi connectivity index (χ4v) is 3.04. The molecule has 0 aromatic carbocycles. The molecule has 0 bridgehead atoms. The minimum Gasteiger partial charge on any atom is -0.417 e. The Balaban J connectivity index is 3.85. The molecule has 0 aromatic rings. The third kappa shape index (κ3) is 7.09. The Morgan fingerprint density at radius 2 is 1.89 bits per heavy atom. The molecular weight excluding hydrogens is 351 g/mol. The van der Waals surface area contributed by atoms with E-state index in [2.05, 4.69) is 67.1 Å². The van der Waals surface area contributed by atoms with E-state index < -0.39 is 8.32 Å². The van der Waals surface area contributed by atoms with Gasteiger partial charge >= 0.3 is 0 Å². The van der Waals surface area contributed by atoms with Gasteiger partial charge in [-0.2, -0.15) is 0 Å². The summed E-state index contributed by atoms with van der Waals surface area (Å²) in [5, 5.41) is 0.323. The molecule has 0 aliphatic heterocycles. The monoisotopic (exact) mass is 380 g/mol. The van der Waals surface area contributed by atoms with Crippen molar-refractivity contribution in [3.8, 4) is 0 Å². The summed E-state index contributed by atoms with van der Waals surface area (Å²) in [5.74, 6) is 0. The van der Waals surface area contributed by atoms with E-state index in [0.717, 1.165) is 19.4 Å². The molecule has 0 saturated carbocycles. The molecular formula is C15H29IOSi. The maximum Gasteiger partial charge on any atom is 0.191 e. The van der Waals surface area contributed by atoms with Crippen LogP contribution in [0.15, 0.2) is 22.3 Å². The molecule has 0 amide bonds. The van der Waals surface area contributed by atoms with E-state index in [1.54, 1.807) is 0 Å². The molecule has 0 fully saturated rings. The van der Waals surface area contributed by atoms with E-state index >= 15 is 0 Å². The molecule has 0 N–H and O–H groups in total. The summed E-state index contributed by atoms with van der Waals surface area (Å²) >= 11 is 2.32. The van der Waals surface area contributed by atoms with E-state index in [1.165, 1.54) is 18.4 Å². The van der Waals surface area contributed by atoms with E-state index in [9.17, 15) is 0 Å². The summed E-state index contributed by atoms with van der Waals surface area (Å²) in [6, 6.07) is 0. The molecule has 106 valence electrons. The van der Waals surface area contributed by atoms with Crippen LogP contribution in [0.1, 0.15) is 46.5 Å². The van der Waals surface area contributed by atoms with Crippen molar-refractivity contribution in [3.63, 3.8) is 0 Å². The molecule has 0 aromatic heterocycles. The predicted molar refractivity (Wildman–Crippen MR) is 93.9 cm³/mol. The van der Waals surface area contributed by atoms with E-state index in [1.807, 2.05) is 6.08 Å². The van der Waals surface area contributed by atoms with Crippen molar-refractivity contribution < 1.29 is 4.43 Å². The van der Waals surface area contributed by atoms with Gasteiger partial charge in [-0.3, -0.25) is 0 Å². The van der Waals surface area contributed by atoms with Crippen LogP contribution in [-0.4, -0.2) is 14.9 Å². The fourth-order valence-electron chi connectivity index (χ4n) is 1.38. The smallest absolute Gasteiger partial charge is 0.191 e. The third-order valence-corrected chi connectivity index (χ3v) is 9.14. The normalized spacial score (nSPS) is 13.8. The van der Waals surface area contributed by atoms with E-state index in [4.69, 9.17) is 4.43 Å². The highest BCUT2D eigenvalue weighted by Crippen LogP contribution is 2.36. The maximum absolute atomic E-state index is 6.17. The van der Waals surface area contributed by atoms with Crippen molar-refractivity contribution in [3.05, 3.63) is 22.3 Å². The zero-order valence-corrected chi connectivity index (χ0v) is 15.8. The number of hydrogen-bond donors (Lipinski definition) is 0. The largest absolute Gasteiger partial charge is 0.417 e. The lowest BCUT2D eigenvalue weighted by Gasteiger charge is -2.36. The summed E-state index contributed by atoms with van der Waals surface area (Å²) < 4.78 is 8.36. The average molecular weight is 380 g/mol. The molecule has 0 unspecified atom stereocenters. The Hall–Kier alpha value is 0.387. The molecule has 0 aliphatic carbocycles. The van der Waals surface area contributed by atoms with Crippen LogP contribution in [-0.2, 0) is 4.43 Å². The van der Waals surface area contributed by atoms with E-state index in [-0.39, 0.29) is 0 Å². The second-order valence-electron chi connectivity index (χ2n) is 6.33. The molecule has 0 saturated heterocycles. The Kier molecular flexibility index (Phi) is 8.72. The van der Waals surface area contributed by atoms with Crippen LogP contribution in [0, 0.1) is 0 Å². The molecule has 0 rings (SSSR count). The Morgan fingerprint density at radius 1 is 1.28 bits per heavy atom. The second kappa shape index (κ2) is 8.54. The molecule has 0 atom stereocenters. The molecule has 0 aliphatic rings. The van der Waals surface area contributed by atoms with Crippen LogP contribution in [0.5, 0.6) is 0 Å². The Morgan fingerprint density at radius 3 is 2.33 bits per heavy atom. The van der Waals surface area contributed by atoms with Crippen molar-refractivity contribution in [2.24, 2.45) is 0 Å². The van der Waals surface area contributed by atoms with Gasteiger partial charge in [0, 0.05) is 6.61 Å². The molecule has 0 spiro atoms. The quantitative estimate of drug-likeness (QED) is 0.215. The van der Waals surface area contributed by atoms with Gasteiger partial charge in [0.1, 0.15) is 0 Å². The van der Waals surface area contributed by atoms with Crippen molar-refractivity contribution >= 4 is 30.9 Å². The summed E-state index contributed by atoms with van der Waals surface area (Å²) in [5.41, 5.74) is 1.48. The van der Waals surface area contributed by atoms with Crippen LogP contribution in [0.4, 0.5) is 0 Å². The van der Waals surface area contributed by atoms with Crippen LogP contribution in [0.3, 0.4) is 0 Å². The van der Waals surface area contributed by atoms with Gasteiger partial charge in [0.25, 0.3) is 0 Å². The van der Waals surface area contributed by atoms with Crippen molar-refractivity contribution in [1.29, 1.82) is 0 Å². The summed E-state index contributed by atoms with van der Waals surface area (Å²) in [6.45, 7) is 16.2. The second-order valence-corrected chi connectivity index (χ2v) is 11.8. The zero-order valence-electron chi connectivity index (χ0n) is 12.7. The highest BCUT2D eigenvalue weighted by molar-refractivity contribution is 14.1. The minimum atomic E-state index is -1.54. The molecule has 0 heterocycles. The SMILES string of the molecule is C=CC/C(=C/I)CCCCO[Si](C)(C)C(C)(C)C. The van der Waals surface area contributed by atoms with Crippen LogP contribution in [0.2, 0.25) is 18.1 Å². The average Bonchev–Trinajstić information content (AvgIpc) is 2.25. The zero-order chi connectivity index (χ0) is 14.2. The lowest BCUT2D eigenvalue weighted by molar-refractivity contribution is 0.279. The topological polar surface area (TPSA) is 9.23 Å². The van der Waals surface area contributed by atoms with Crippen LogP contribution < -0.4 is 0 Å². The van der Waals surface area contributed by atoms with Gasteiger partial charge in [0.15, 0.2) is 8.32 Å². The standard InChI is InChI=1S/C15H29IOSi/c1-7-10-14(13-16)11-8-9-12-17-18(5,6)15(2,3)4/h7,13H,1,8-12H2,2-6H3/b14-13-.